The molecule has 0 spiro atoms. The van der Waals surface area contributed by atoms with Crippen LogP contribution in [0, 0.1) is 0 Å². The number of para-hydroxylation sites is 1. The number of benzene rings is 2. The lowest BCUT2D eigenvalue weighted by Crippen LogP contribution is -2.39. The number of likely N-dealkylation sites (N-methyl/N-ethyl adjacent to an activating group) is 1. The van der Waals surface area contributed by atoms with Crippen LogP contribution in [0.1, 0.15) is 5.56 Å². The minimum Gasteiger partial charge on any atom is -0.492 e. The molecule has 25 heavy (non-hydrogen) atoms. The maximum atomic E-state index is 12.2. The number of carbonyl (C=O) groups is 1. The van der Waals surface area contributed by atoms with Gasteiger partial charge in [-0.05, 0) is 29.8 Å². The Morgan fingerprint density at radius 2 is 1.84 bits per heavy atom. The number of amides is 2. The number of carbonyl (C=O) groups excluding carboxylic acids is 1. The van der Waals surface area contributed by atoms with Crippen molar-refractivity contribution in [2.75, 3.05) is 20.2 Å². The van der Waals surface area contributed by atoms with Crippen LogP contribution >= 0.6 is 0 Å². The Balaban J connectivity index is 1.73. The summed E-state index contributed by atoms with van der Waals surface area (Å²) in [5.41, 5.74) is 0.667. The molecule has 0 aliphatic rings. The SMILES string of the molecule is CN(CCOc1ccccc1)C(=O)NCc1cccc(OC(F)F)c1. The van der Waals surface area contributed by atoms with Crippen molar-refractivity contribution in [1.29, 1.82) is 0 Å². The molecule has 0 saturated carbocycles. The Morgan fingerprint density at radius 1 is 1.12 bits per heavy atom. The number of nitrogens with one attached hydrogen (secondary N) is 1. The molecule has 0 radical (unpaired) electrons. The first-order chi connectivity index (χ1) is 12.0. The minimum atomic E-state index is -2.87. The third kappa shape index (κ3) is 6.66. The van der Waals surface area contributed by atoms with Gasteiger partial charge in [0.05, 0.1) is 6.54 Å². The molecule has 0 aromatic heterocycles. The van der Waals surface area contributed by atoms with Crippen LogP contribution in [-0.2, 0) is 6.54 Å². The minimum absolute atomic E-state index is 0.0614. The van der Waals surface area contributed by atoms with E-state index in [9.17, 15) is 13.6 Å². The lowest BCUT2D eigenvalue weighted by atomic mass is 10.2. The standard InChI is InChI=1S/C18H20F2N2O3/c1-22(10-11-24-15-7-3-2-4-8-15)18(23)21-13-14-6-5-9-16(12-14)25-17(19)20/h2-9,12,17H,10-11,13H2,1H3,(H,21,23). The first-order valence-corrected chi connectivity index (χ1v) is 7.75. The lowest BCUT2D eigenvalue weighted by molar-refractivity contribution is -0.0498. The molecule has 134 valence electrons. The maximum absolute atomic E-state index is 12.2. The van der Waals surface area contributed by atoms with E-state index in [-0.39, 0.29) is 18.3 Å². The monoisotopic (exact) mass is 350 g/mol. The number of halogens is 2. The predicted molar refractivity (Wildman–Crippen MR) is 89.9 cm³/mol. The van der Waals surface area contributed by atoms with Crippen LogP contribution in [0.3, 0.4) is 0 Å². The second kappa shape index (κ2) is 9.46. The van der Waals surface area contributed by atoms with E-state index >= 15 is 0 Å². The largest absolute Gasteiger partial charge is 0.492 e. The van der Waals surface area contributed by atoms with Crippen LogP contribution < -0.4 is 14.8 Å². The molecule has 0 aliphatic carbocycles. The van der Waals surface area contributed by atoms with Crippen molar-refractivity contribution in [1.82, 2.24) is 10.2 Å². The Bertz CT molecular complexity index is 668. The fourth-order valence-electron chi connectivity index (χ4n) is 2.06. The summed E-state index contributed by atoms with van der Waals surface area (Å²) in [6.07, 6.45) is 0. The number of ether oxygens (including phenoxy) is 2. The van der Waals surface area contributed by atoms with Crippen LogP contribution in [0.25, 0.3) is 0 Å². The highest BCUT2D eigenvalue weighted by molar-refractivity contribution is 5.73. The molecule has 7 heteroatoms. The van der Waals surface area contributed by atoms with Gasteiger partial charge in [0.1, 0.15) is 18.1 Å². The predicted octanol–water partition coefficient (Wildman–Crippen LogP) is 3.51. The second-order valence-electron chi connectivity index (χ2n) is 5.27. The quantitative estimate of drug-likeness (QED) is 0.793. The summed E-state index contributed by atoms with van der Waals surface area (Å²) >= 11 is 0. The molecular weight excluding hydrogens is 330 g/mol. The summed E-state index contributed by atoms with van der Waals surface area (Å²) < 4.78 is 34.3. The van der Waals surface area contributed by atoms with Crippen LogP contribution in [0.5, 0.6) is 11.5 Å². The Kier molecular flexibility index (Phi) is 7.00. The van der Waals surface area contributed by atoms with E-state index < -0.39 is 6.61 Å². The smallest absolute Gasteiger partial charge is 0.387 e. The normalized spacial score (nSPS) is 10.4. The lowest BCUT2D eigenvalue weighted by Gasteiger charge is -2.18. The van der Waals surface area contributed by atoms with Crippen LogP contribution in [0.4, 0.5) is 13.6 Å². The molecule has 0 bridgehead atoms. The second-order valence-corrected chi connectivity index (χ2v) is 5.27. The third-order valence-electron chi connectivity index (χ3n) is 3.35. The maximum Gasteiger partial charge on any atom is 0.387 e. The number of urea groups is 1. The van der Waals surface area contributed by atoms with Crippen molar-refractivity contribution >= 4 is 6.03 Å². The van der Waals surface area contributed by atoms with E-state index in [0.29, 0.717) is 18.7 Å². The number of rotatable bonds is 8. The zero-order valence-corrected chi connectivity index (χ0v) is 13.8. The van der Waals surface area contributed by atoms with Crippen LogP contribution in [-0.4, -0.2) is 37.7 Å². The van der Waals surface area contributed by atoms with Gasteiger partial charge in [0.15, 0.2) is 0 Å². The van der Waals surface area contributed by atoms with Gasteiger partial charge in [-0.1, -0.05) is 30.3 Å². The molecule has 0 atom stereocenters. The summed E-state index contributed by atoms with van der Waals surface area (Å²) in [5, 5.41) is 2.72. The summed E-state index contributed by atoms with van der Waals surface area (Å²) in [4.78, 5) is 13.5. The number of hydrogen-bond acceptors (Lipinski definition) is 3. The van der Waals surface area contributed by atoms with Gasteiger partial charge < -0.3 is 19.7 Å². The summed E-state index contributed by atoms with van der Waals surface area (Å²) in [7, 11) is 1.65. The molecule has 2 aromatic carbocycles. The molecule has 0 saturated heterocycles. The summed E-state index contributed by atoms with van der Waals surface area (Å²) in [6.45, 7) is -1.88. The van der Waals surface area contributed by atoms with Gasteiger partial charge in [0.2, 0.25) is 0 Å². The molecule has 0 fully saturated rings. The Morgan fingerprint density at radius 3 is 2.56 bits per heavy atom. The van der Waals surface area contributed by atoms with Crippen LogP contribution in [0.15, 0.2) is 54.6 Å². The van der Waals surface area contributed by atoms with E-state index in [1.165, 1.54) is 17.0 Å². The van der Waals surface area contributed by atoms with Gasteiger partial charge in [-0.2, -0.15) is 8.78 Å². The van der Waals surface area contributed by atoms with Gasteiger partial charge in [-0.15, -0.1) is 0 Å². The molecule has 2 amide bonds. The summed E-state index contributed by atoms with van der Waals surface area (Å²) in [5.74, 6) is 0.804. The highest BCUT2D eigenvalue weighted by Gasteiger charge is 2.09. The molecule has 0 heterocycles. The molecular formula is C18H20F2N2O3. The van der Waals surface area contributed by atoms with Crippen molar-refractivity contribution in [3.8, 4) is 11.5 Å². The average molecular weight is 350 g/mol. The van der Waals surface area contributed by atoms with Crippen molar-refractivity contribution < 1.29 is 23.0 Å². The number of hydrogen-bond donors (Lipinski definition) is 1. The van der Waals surface area contributed by atoms with E-state index in [1.54, 1.807) is 19.2 Å². The average Bonchev–Trinajstić information content (AvgIpc) is 2.60. The molecule has 2 rings (SSSR count). The number of nitrogens with zero attached hydrogens (tertiary/aromatic N) is 1. The van der Waals surface area contributed by atoms with E-state index in [2.05, 4.69) is 10.1 Å². The molecule has 5 nitrogen and oxygen atoms in total. The molecule has 0 unspecified atom stereocenters. The van der Waals surface area contributed by atoms with Gasteiger partial charge in [0, 0.05) is 13.6 Å². The van der Waals surface area contributed by atoms with Crippen molar-refractivity contribution in [2.24, 2.45) is 0 Å². The van der Waals surface area contributed by atoms with Crippen molar-refractivity contribution in [3.63, 3.8) is 0 Å². The van der Waals surface area contributed by atoms with E-state index in [1.807, 2.05) is 30.3 Å². The van der Waals surface area contributed by atoms with Crippen molar-refractivity contribution in [3.05, 3.63) is 60.2 Å². The van der Waals surface area contributed by atoms with E-state index in [4.69, 9.17) is 4.74 Å². The fraction of sp³-hybridized carbons (Fsp3) is 0.278. The Labute approximate surface area is 145 Å². The fourth-order valence-corrected chi connectivity index (χ4v) is 2.06. The van der Waals surface area contributed by atoms with Gasteiger partial charge in [-0.25, -0.2) is 4.79 Å². The summed E-state index contributed by atoms with van der Waals surface area (Å²) in [6, 6.07) is 15.3. The zero-order chi connectivity index (χ0) is 18.1. The number of alkyl halides is 2. The first kappa shape index (κ1) is 18.5. The molecule has 0 aliphatic heterocycles. The molecule has 1 N–H and O–H groups in total. The molecule has 2 aromatic rings. The highest BCUT2D eigenvalue weighted by atomic mass is 19.3. The third-order valence-corrected chi connectivity index (χ3v) is 3.35. The zero-order valence-electron chi connectivity index (χ0n) is 13.8. The Hall–Kier alpha value is -2.83. The van der Waals surface area contributed by atoms with Crippen LogP contribution in [0.2, 0.25) is 0 Å². The van der Waals surface area contributed by atoms with Gasteiger partial charge in [0.25, 0.3) is 0 Å². The first-order valence-electron chi connectivity index (χ1n) is 7.75. The van der Waals surface area contributed by atoms with Crippen molar-refractivity contribution in [2.45, 2.75) is 13.2 Å². The van der Waals surface area contributed by atoms with Gasteiger partial charge >= 0.3 is 12.6 Å². The topological polar surface area (TPSA) is 50.8 Å². The highest BCUT2D eigenvalue weighted by Crippen LogP contribution is 2.15. The van der Waals surface area contributed by atoms with E-state index in [0.717, 1.165) is 5.75 Å². The van der Waals surface area contributed by atoms with Gasteiger partial charge in [-0.3, -0.25) is 0 Å².